The van der Waals surface area contributed by atoms with E-state index in [1.165, 1.54) is 5.56 Å². The second-order valence-corrected chi connectivity index (χ2v) is 6.01. The number of carbonyl (C=O) groups is 1. The molecule has 3 rings (SSSR count). The van der Waals surface area contributed by atoms with Crippen LogP contribution in [-0.2, 0) is 11.3 Å². The molecule has 2 atom stereocenters. The van der Waals surface area contributed by atoms with Crippen LogP contribution in [0.1, 0.15) is 25.8 Å². The van der Waals surface area contributed by atoms with E-state index >= 15 is 0 Å². The predicted octanol–water partition coefficient (Wildman–Crippen LogP) is 3.16. The summed E-state index contributed by atoms with van der Waals surface area (Å²) in [6, 6.07) is 20.6. The molecule has 0 aliphatic carbocycles. The Morgan fingerprint density at radius 1 is 1.09 bits per heavy atom. The van der Waals surface area contributed by atoms with Crippen LogP contribution in [0, 0.1) is 0 Å². The Morgan fingerprint density at radius 2 is 1.70 bits per heavy atom. The molecule has 0 spiro atoms. The van der Waals surface area contributed by atoms with Gasteiger partial charge in [0.1, 0.15) is 6.17 Å². The average molecular weight is 309 g/mol. The Balaban J connectivity index is 1.77. The summed E-state index contributed by atoms with van der Waals surface area (Å²) >= 11 is 0. The van der Waals surface area contributed by atoms with Gasteiger partial charge >= 0.3 is 0 Å². The van der Waals surface area contributed by atoms with Crippen molar-refractivity contribution in [3.05, 3.63) is 66.2 Å². The van der Waals surface area contributed by atoms with Crippen LogP contribution in [-0.4, -0.2) is 23.1 Å². The molecular weight excluding hydrogens is 286 g/mol. The molecule has 1 N–H and O–H groups in total. The van der Waals surface area contributed by atoms with E-state index in [-0.39, 0.29) is 18.1 Å². The molecule has 0 bridgehead atoms. The fourth-order valence-electron chi connectivity index (χ4n) is 3.22. The lowest BCUT2D eigenvalue weighted by Crippen LogP contribution is -2.50. The Morgan fingerprint density at radius 3 is 2.30 bits per heavy atom. The van der Waals surface area contributed by atoms with Crippen molar-refractivity contribution in [3.8, 4) is 0 Å². The summed E-state index contributed by atoms with van der Waals surface area (Å²) in [5, 5.41) is 7.48. The lowest BCUT2D eigenvalue weighted by atomic mass is 10.2. The molecule has 1 fully saturated rings. The minimum Gasteiger partial charge on any atom is -0.291 e. The van der Waals surface area contributed by atoms with Crippen LogP contribution < -0.4 is 10.3 Å². The van der Waals surface area contributed by atoms with Crippen molar-refractivity contribution in [2.24, 2.45) is 0 Å². The van der Waals surface area contributed by atoms with Gasteiger partial charge in [-0.2, -0.15) is 0 Å². The molecule has 1 amide bonds. The Bertz CT molecular complexity index is 644. The molecule has 1 aliphatic heterocycles. The highest BCUT2D eigenvalue weighted by Gasteiger charge is 2.38. The SMILES string of the molecule is CC(=O)N1C(NCc2ccccc2)CC(C)N1c1ccccc1. The molecule has 4 heteroatoms. The second kappa shape index (κ2) is 6.84. The maximum atomic E-state index is 12.2. The van der Waals surface area contributed by atoms with Crippen LogP contribution in [0.4, 0.5) is 5.69 Å². The molecular formula is C19H23N3O. The van der Waals surface area contributed by atoms with Crippen molar-refractivity contribution in [1.29, 1.82) is 0 Å². The summed E-state index contributed by atoms with van der Waals surface area (Å²) in [5.74, 6) is 0.0590. The van der Waals surface area contributed by atoms with Crippen LogP contribution in [0.5, 0.6) is 0 Å². The van der Waals surface area contributed by atoms with E-state index in [1.807, 2.05) is 53.5 Å². The zero-order valence-electron chi connectivity index (χ0n) is 13.6. The molecule has 2 aromatic rings. The molecule has 1 heterocycles. The number of hydrazine groups is 1. The smallest absolute Gasteiger partial charge is 0.239 e. The summed E-state index contributed by atoms with van der Waals surface area (Å²) in [5.41, 5.74) is 2.28. The van der Waals surface area contributed by atoms with Crippen LogP contribution in [0.15, 0.2) is 60.7 Å². The monoisotopic (exact) mass is 309 g/mol. The normalized spacial score (nSPS) is 20.8. The van der Waals surface area contributed by atoms with Crippen molar-refractivity contribution >= 4 is 11.6 Å². The third-order valence-electron chi connectivity index (χ3n) is 4.24. The van der Waals surface area contributed by atoms with E-state index in [1.54, 1.807) is 6.92 Å². The first kappa shape index (κ1) is 15.6. The number of nitrogens with one attached hydrogen (secondary N) is 1. The molecule has 2 unspecified atom stereocenters. The maximum Gasteiger partial charge on any atom is 0.239 e. The average Bonchev–Trinajstić information content (AvgIpc) is 2.91. The number of nitrogens with zero attached hydrogens (tertiary/aromatic N) is 2. The van der Waals surface area contributed by atoms with Gasteiger partial charge in [-0.1, -0.05) is 48.5 Å². The first-order chi connectivity index (χ1) is 11.2. The van der Waals surface area contributed by atoms with Gasteiger partial charge in [-0.05, 0) is 24.6 Å². The number of benzene rings is 2. The van der Waals surface area contributed by atoms with Gasteiger partial charge in [0, 0.05) is 19.9 Å². The number of anilines is 1. The van der Waals surface area contributed by atoms with Crippen molar-refractivity contribution in [2.75, 3.05) is 5.01 Å². The highest BCUT2D eigenvalue weighted by Crippen LogP contribution is 2.29. The lowest BCUT2D eigenvalue weighted by Gasteiger charge is -2.35. The Hall–Kier alpha value is -2.33. The van der Waals surface area contributed by atoms with Gasteiger partial charge in [-0.15, -0.1) is 0 Å². The summed E-state index contributed by atoms with van der Waals surface area (Å²) in [6.07, 6.45) is 0.921. The van der Waals surface area contributed by atoms with E-state index in [0.29, 0.717) is 0 Å². The van der Waals surface area contributed by atoms with Crippen molar-refractivity contribution in [2.45, 2.75) is 39.0 Å². The Kier molecular flexibility index (Phi) is 4.63. The number of para-hydroxylation sites is 1. The largest absolute Gasteiger partial charge is 0.291 e. The third-order valence-corrected chi connectivity index (χ3v) is 4.24. The number of hydrogen-bond donors (Lipinski definition) is 1. The van der Waals surface area contributed by atoms with Gasteiger partial charge in [0.25, 0.3) is 0 Å². The van der Waals surface area contributed by atoms with Crippen molar-refractivity contribution < 1.29 is 4.79 Å². The molecule has 0 aromatic heterocycles. The van der Waals surface area contributed by atoms with Crippen molar-refractivity contribution in [1.82, 2.24) is 10.3 Å². The fraction of sp³-hybridized carbons (Fsp3) is 0.316. The summed E-state index contributed by atoms with van der Waals surface area (Å²) in [6.45, 7) is 4.54. The zero-order chi connectivity index (χ0) is 16.2. The lowest BCUT2D eigenvalue weighted by molar-refractivity contribution is -0.131. The van der Waals surface area contributed by atoms with Gasteiger partial charge in [0.05, 0.1) is 11.7 Å². The number of hydrogen-bond acceptors (Lipinski definition) is 3. The minimum atomic E-state index is 0.0166. The van der Waals surface area contributed by atoms with E-state index in [0.717, 1.165) is 18.7 Å². The first-order valence-electron chi connectivity index (χ1n) is 8.08. The van der Waals surface area contributed by atoms with E-state index in [4.69, 9.17) is 0 Å². The van der Waals surface area contributed by atoms with Gasteiger partial charge in [0.15, 0.2) is 0 Å². The number of rotatable bonds is 4. The highest BCUT2D eigenvalue weighted by atomic mass is 16.2. The van der Waals surface area contributed by atoms with Crippen LogP contribution in [0.3, 0.4) is 0 Å². The van der Waals surface area contributed by atoms with Gasteiger partial charge in [-0.3, -0.25) is 15.1 Å². The summed E-state index contributed by atoms with van der Waals surface area (Å²) in [7, 11) is 0. The van der Waals surface area contributed by atoms with Gasteiger partial charge in [0.2, 0.25) is 5.91 Å². The molecule has 120 valence electrons. The number of amides is 1. The van der Waals surface area contributed by atoms with Crippen molar-refractivity contribution in [3.63, 3.8) is 0 Å². The molecule has 0 saturated carbocycles. The standard InChI is InChI=1S/C19H23N3O/c1-15-13-19(20-14-17-9-5-3-6-10-17)22(16(2)23)21(15)18-11-7-4-8-12-18/h3-12,15,19-20H,13-14H2,1-2H3. The molecule has 4 nitrogen and oxygen atoms in total. The molecule has 1 saturated heterocycles. The van der Waals surface area contributed by atoms with Gasteiger partial charge < -0.3 is 0 Å². The van der Waals surface area contributed by atoms with Crippen LogP contribution in [0.2, 0.25) is 0 Å². The summed E-state index contributed by atoms with van der Waals surface area (Å²) < 4.78 is 0. The molecule has 1 aliphatic rings. The molecule has 23 heavy (non-hydrogen) atoms. The number of carbonyl (C=O) groups excluding carboxylic acids is 1. The fourth-order valence-corrected chi connectivity index (χ4v) is 3.22. The zero-order valence-corrected chi connectivity index (χ0v) is 13.6. The van der Waals surface area contributed by atoms with Crippen LogP contribution in [0.25, 0.3) is 0 Å². The predicted molar refractivity (Wildman–Crippen MR) is 92.6 cm³/mol. The van der Waals surface area contributed by atoms with E-state index in [9.17, 15) is 4.79 Å². The van der Waals surface area contributed by atoms with Crippen LogP contribution >= 0.6 is 0 Å². The first-order valence-corrected chi connectivity index (χ1v) is 8.08. The topological polar surface area (TPSA) is 35.6 Å². The Labute approximate surface area is 137 Å². The molecule has 0 radical (unpaired) electrons. The van der Waals surface area contributed by atoms with E-state index in [2.05, 4.69) is 29.4 Å². The minimum absolute atomic E-state index is 0.0166. The third kappa shape index (κ3) is 3.37. The quantitative estimate of drug-likeness (QED) is 0.942. The molecule has 2 aromatic carbocycles. The highest BCUT2D eigenvalue weighted by molar-refractivity contribution is 5.76. The van der Waals surface area contributed by atoms with E-state index < -0.39 is 0 Å². The van der Waals surface area contributed by atoms with Gasteiger partial charge in [-0.25, -0.2) is 5.01 Å². The second-order valence-electron chi connectivity index (χ2n) is 6.01. The maximum absolute atomic E-state index is 12.2. The summed E-state index contributed by atoms with van der Waals surface area (Å²) in [4.78, 5) is 12.2.